The van der Waals surface area contributed by atoms with Crippen molar-refractivity contribution < 1.29 is 13.2 Å². The third kappa shape index (κ3) is 3.64. The molecule has 1 aliphatic heterocycles. The number of aromatic nitrogens is 2. The van der Waals surface area contributed by atoms with Gasteiger partial charge in [0.25, 0.3) is 5.56 Å². The third-order valence-electron chi connectivity index (χ3n) is 3.53. The minimum atomic E-state index is -3.95. The lowest BCUT2D eigenvalue weighted by atomic mass is 10.4. The summed E-state index contributed by atoms with van der Waals surface area (Å²) in [5.74, 6) is 0. The Morgan fingerprint density at radius 3 is 2.50 bits per heavy atom. The Hall–Kier alpha value is -1.49. The Balaban J connectivity index is 2.10. The molecule has 0 atom stereocenters. The van der Waals surface area contributed by atoms with E-state index in [0.29, 0.717) is 19.8 Å². The molecule has 9 nitrogen and oxygen atoms in total. The molecule has 0 saturated carbocycles. The van der Waals surface area contributed by atoms with Gasteiger partial charge in [0, 0.05) is 46.5 Å². The molecule has 1 aliphatic rings. The van der Waals surface area contributed by atoms with Crippen LogP contribution in [0.1, 0.15) is 0 Å². The van der Waals surface area contributed by atoms with Crippen LogP contribution in [-0.2, 0) is 28.9 Å². The highest BCUT2D eigenvalue weighted by Gasteiger charge is 2.21. The standard InChI is InChI=1S/C12H20N4O5S/c1-14-9-10(11(17)15(2)12(14)18)22(19,20)13-3-4-16-5-7-21-8-6-16/h9,13H,3-8H2,1-2H3. The van der Waals surface area contributed by atoms with Crippen LogP contribution in [0, 0.1) is 0 Å². The zero-order valence-electron chi connectivity index (χ0n) is 12.6. The lowest BCUT2D eigenvalue weighted by Gasteiger charge is -2.26. The average molecular weight is 332 g/mol. The van der Waals surface area contributed by atoms with Crippen LogP contribution in [0.4, 0.5) is 0 Å². The first-order chi connectivity index (χ1) is 10.3. The quantitative estimate of drug-likeness (QED) is 0.650. The number of sulfonamides is 1. The normalized spacial score (nSPS) is 16.8. The van der Waals surface area contributed by atoms with Crippen LogP contribution in [0.25, 0.3) is 0 Å². The van der Waals surface area contributed by atoms with Crippen LogP contribution in [0.3, 0.4) is 0 Å². The summed E-state index contributed by atoms with van der Waals surface area (Å²) in [7, 11) is -1.31. The summed E-state index contributed by atoms with van der Waals surface area (Å²) >= 11 is 0. The van der Waals surface area contributed by atoms with Crippen LogP contribution in [0.5, 0.6) is 0 Å². The second-order valence-corrected chi connectivity index (χ2v) is 6.84. The Morgan fingerprint density at radius 2 is 1.86 bits per heavy atom. The first-order valence-electron chi connectivity index (χ1n) is 6.89. The van der Waals surface area contributed by atoms with E-state index in [0.717, 1.165) is 28.4 Å². The Morgan fingerprint density at radius 1 is 1.23 bits per heavy atom. The smallest absolute Gasteiger partial charge is 0.330 e. The van der Waals surface area contributed by atoms with Gasteiger partial charge in [-0.1, -0.05) is 0 Å². The van der Waals surface area contributed by atoms with Crippen molar-refractivity contribution in [2.45, 2.75) is 4.90 Å². The predicted octanol–water partition coefficient (Wildman–Crippen LogP) is -2.31. The monoisotopic (exact) mass is 332 g/mol. The number of ether oxygens (including phenoxy) is 1. The lowest BCUT2D eigenvalue weighted by Crippen LogP contribution is -2.44. The molecule has 0 aromatic carbocycles. The molecule has 1 saturated heterocycles. The van der Waals surface area contributed by atoms with Gasteiger partial charge in [-0.3, -0.25) is 14.3 Å². The number of nitrogens with zero attached hydrogens (tertiary/aromatic N) is 3. The molecule has 1 aromatic rings. The SMILES string of the molecule is Cn1cc(S(=O)(=O)NCCN2CCOCC2)c(=O)n(C)c1=O. The summed E-state index contributed by atoms with van der Waals surface area (Å²) in [5, 5.41) is 0. The third-order valence-corrected chi connectivity index (χ3v) is 4.97. The predicted molar refractivity (Wildman–Crippen MR) is 79.4 cm³/mol. The average Bonchev–Trinajstić information content (AvgIpc) is 2.49. The van der Waals surface area contributed by atoms with E-state index in [9.17, 15) is 18.0 Å². The fourth-order valence-corrected chi connectivity index (χ4v) is 3.38. The first-order valence-corrected chi connectivity index (χ1v) is 8.37. The van der Waals surface area contributed by atoms with Gasteiger partial charge in [-0.05, 0) is 0 Å². The highest BCUT2D eigenvalue weighted by molar-refractivity contribution is 7.89. The van der Waals surface area contributed by atoms with Crippen molar-refractivity contribution in [2.75, 3.05) is 39.4 Å². The van der Waals surface area contributed by atoms with E-state index in [1.807, 2.05) is 0 Å². The van der Waals surface area contributed by atoms with Gasteiger partial charge in [0.05, 0.1) is 13.2 Å². The van der Waals surface area contributed by atoms with Gasteiger partial charge < -0.3 is 9.30 Å². The van der Waals surface area contributed by atoms with Crippen molar-refractivity contribution in [1.29, 1.82) is 0 Å². The lowest BCUT2D eigenvalue weighted by molar-refractivity contribution is 0.0390. The molecule has 2 heterocycles. The van der Waals surface area contributed by atoms with Crippen LogP contribution in [0.2, 0.25) is 0 Å². The molecular formula is C12H20N4O5S. The second-order valence-electron chi connectivity index (χ2n) is 5.10. The van der Waals surface area contributed by atoms with Crippen molar-refractivity contribution in [2.24, 2.45) is 14.1 Å². The number of hydrogen-bond acceptors (Lipinski definition) is 6. The summed E-state index contributed by atoms with van der Waals surface area (Å²) < 4.78 is 33.9. The van der Waals surface area contributed by atoms with E-state index in [-0.39, 0.29) is 6.54 Å². The van der Waals surface area contributed by atoms with Crippen LogP contribution >= 0.6 is 0 Å². The Kier molecular flexibility index (Phi) is 5.16. The largest absolute Gasteiger partial charge is 0.379 e. The van der Waals surface area contributed by atoms with E-state index < -0.39 is 26.2 Å². The molecular weight excluding hydrogens is 312 g/mol. The molecule has 0 spiro atoms. The molecule has 0 radical (unpaired) electrons. The molecule has 0 bridgehead atoms. The molecule has 1 N–H and O–H groups in total. The first kappa shape index (κ1) is 16.9. The molecule has 22 heavy (non-hydrogen) atoms. The molecule has 1 aromatic heterocycles. The fourth-order valence-electron chi connectivity index (χ4n) is 2.20. The number of morpholine rings is 1. The zero-order chi connectivity index (χ0) is 16.3. The van der Waals surface area contributed by atoms with Gasteiger partial charge >= 0.3 is 5.69 Å². The van der Waals surface area contributed by atoms with Crippen molar-refractivity contribution in [3.8, 4) is 0 Å². The highest BCUT2D eigenvalue weighted by atomic mass is 32.2. The maximum Gasteiger partial charge on any atom is 0.330 e. The van der Waals surface area contributed by atoms with Crippen LogP contribution in [-0.4, -0.2) is 61.8 Å². The summed E-state index contributed by atoms with van der Waals surface area (Å²) in [5.41, 5.74) is -1.40. The summed E-state index contributed by atoms with van der Waals surface area (Å²) in [6.45, 7) is 3.50. The van der Waals surface area contributed by atoms with Gasteiger partial charge in [-0.25, -0.2) is 17.9 Å². The zero-order valence-corrected chi connectivity index (χ0v) is 13.4. The molecule has 1 fully saturated rings. The van der Waals surface area contributed by atoms with Crippen molar-refractivity contribution in [3.63, 3.8) is 0 Å². The second kappa shape index (κ2) is 6.73. The van der Waals surface area contributed by atoms with Gasteiger partial charge in [-0.2, -0.15) is 0 Å². The minimum Gasteiger partial charge on any atom is -0.379 e. The Bertz CT molecular complexity index is 746. The number of aryl methyl sites for hydroxylation is 1. The summed E-state index contributed by atoms with van der Waals surface area (Å²) in [6, 6.07) is 0. The van der Waals surface area contributed by atoms with Gasteiger partial charge in [0.1, 0.15) is 0 Å². The van der Waals surface area contributed by atoms with Gasteiger partial charge in [-0.15, -0.1) is 0 Å². The van der Waals surface area contributed by atoms with E-state index >= 15 is 0 Å². The molecule has 10 heteroatoms. The molecule has 124 valence electrons. The maximum atomic E-state index is 12.2. The van der Waals surface area contributed by atoms with Crippen LogP contribution < -0.4 is 16.0 Å². The Labute approximate surface area is 128 Å². The summed E-state index contributed by atoms with van der Waals surface area (Å²) in [4.78, 5) is 25.2. The van der Waals surface area contributed by atoms with E-state index in [2.05, 4.69) is 9.62 Å². The van der Waals surface area contributed by atoms with Crippen LogP contribution in [0.15, 0.2) is 20.7 Å². The van der Waals surface area contributed by atoms with Crippen molar-refractivity contribution in [1.82, 2.24) is 18.8 Å². The van der Waals surface area contributed by atoms with Gasteiger partial charge in [0.15, 0.2) is 4.90 Å². The molecule has 0 unspecified atom stereocenters. The van der Waals surface area contributed by atoms with E-state index in [1.165, 1.54) is 14.1 Å². The number of nitrogens with one attached hydrogen (secondary N) is 1. The van der Waals surface area contributed by atoms with Crippen molar-refractivity contribution >= 4 is 10.0 Å². The summed E-state index contributed by atoms with van der Waals surface area (Å²) in [6.07, 6.45) is 1.04. The number of hydrogen-bond donors (Lipinski definition) is 1. The number of rotatable bonds is 5. The maximum absolute atomic E-state index is 12.2. The van der Waals surface area contributed by atoms with Gasteiger partial charge in [0.2, 0.25) is 10.0 Å². The van der Waals surface area contributed by atoms with E-state index in [1.54, 1.807) is 0 Å². The molecule has 0 aliphatic carbocycles. The van der Waals surface area contributed by atoms with Crippen molar-refractivity contribution in [3.05, 3.63) is 27.0 Å². The topological polar surface area (TPSA) is 103 Å². The van der Waals surface area contributed by atoms with E-state index in [4.69, 9.17) is 4.74 Å². The molecule has 0 amide bonds. The fraction of sp³-hybridized carbons (Fsp3) is 0.667. The molecule has 2 rings (SSSR count). The minimum absolute atomic E-state index is 0.189. The highest BCUT2D eigenvalue weighted by Crippen LogP contribution is 2.00.